The number of methoxy groups -OCH3 is 2. The smallest absolute Gasteiger partial charge is 0.331 e. The third-order valence-corrected chi connectivity index (χ3v) is 3.57. The van der Waals surface area contributed by atoms with Gasteiger partial charge in [-0.15, -0.1) is 0 Å². The molecule has 1 aromatic rings. The highest BCUT2D eigenvalue weighted by Gasteiger charge is 2.12. The fourth-order valence-corrected chi connectivity index (χ4v) is 1.77. The standard InChI is InChI=1S/C18H25NO5/c1-12(2)13(3)19-17(20)11-24-18(21)9-6-14-10-15(22-4)7-8-16(14)23-5/h6-10,12-13H,11H2,1-5H3,(H,19,20)/b9-6+/t13-/m0/s1. The Balaban J connectivity index is 2.59. The lowest BCUT2D eigenvalue weighted by Crippen LogP contribution is -2.38. The molecule has 1 aromatic carbocycles. The van der Waals surface area contributed by atoms with Gasteiger partial charge in [0.15, 0.2) is 6.61 Å². The van der Waals surface area contributed by atoms with E-state index < -0.39 is 5.97 Å². The lowest BCUT2D eigenvalue weighted by molar-refractivity contribution is -0.144. The number of ether oxygens (including phenoxy) is 3. The molecule has 0 radical (unpaired) electrons. The van der Waals surface area contributed by atoms with E-state index in [1.807, 2.05) is 20.8 Å². The van der Waals surface area contributed by atoms with E-state index in [9.17, 15) is 9.59 Å². The molecule has 0 aliphatic rings. The van der Waals surface area contributed by atoms with Crippen molar-refractivity contribution in [3.8, 4) is 11.5 Å². The Labute approximate surface area is 142 Å². The molecule has 6 nitrogen and oxygen atoms in total. The van der Waals surface area contributed by atoms with Gasteiger partial charge >= 0.3 is 5.97 Å². The van der Waals surface area contributed by atoms with E-state index in [0.717, 1.165) is 0 Å². The van der Waals surface area contributed by atoms with Crippen LogP contribution in [-0.2, 0) is 14.3 Å². The minimum absolute atomic E-state index is 0.0211. The Kier molecular flexibility index (Phi) is 7.82. The number of carbonyl (C=O) groups excluding carboxylic acids is 2. The van der Waals surface area contributed by atoms with Crippen LogP contribution in [0, 0.1) is 5.92 Å². The molecule has 0 fully saturated rings. The topological polar surface area (TPSA) is 73.9 Å². The molecule has 1 N–H and O–H groups in total. The Morgan fingerprint density at radius 2 is 1.88 bits per heavy atom. The van der Waals surface area contributed by atoms with E-state index >= 15 is 0 Å². The Morgan fingerprint density at radius 3 is 2.46 bits per heavy atom. The second kappa shape index (κ2) is 9.60. The van der Waals surface area contributed by atoms with Crippen molar-refractivity contribution in [1.29, 1.82) is 0 Å². The van der Waals surface area contributed by atoms with E-state index in [-0.39, 0.29) is 18.6 Å². The minimum Gasteiger partial charge on any atom is -0.497 e. The lowest BCUT2D eigenvalue weighted by atomic mass is 10.1. The third kappa shape index (κ3) is 6.32. The molecule has 0 aromatic heterocycles. The zero-order valence-electron chi connectivity index (χ0n) is 14.8. The first-order valence-corrected chi connectivity index (χ1v) is 7.73. The van der Waals surface area contributed by atoms with Gasteiger partial charge in [0, 0.05) is 17.7 Å². The van der Waals surface area contributed by atoms with Crippen molar-refractivity contribution in [3.63, 3.8) is 0 Å². The van der Waals surface area contributed by atoms with E-state index in [1.54, 1.807) is 31.4 Å². The van der Waals surface area contributed by atoms with Crippen molar-refractivity contribution in [1.82, 2.24) is 5.32 Å². The number of hydrogen-bond acceptors (Lipinski definition) is 5. The fourth-order valence-electron chi connectivity index (χ4n) is 1.77. The summed E-state index contributed by atoms with van der Waals surface area (Å²) < 4.78 is 15.3. The number of carbonyl (C=O) groups is 2. The van der Waals surface area contributed by atoms with Crippen LogP contribution in [0.5, 0.6) is 11.5 Å². The molecule has 1 rings (SSSR count). The van der Waals surface area contributed by atoms with E-state index in [1.165, 1.54) is 13.2 Å². The molecule has 0 heterocycles. The monoisotopic (exact) mass is 335 g/mol. The van der Waals surface area contributed by atoms with Gasteiger partial charge in [-0.1, -0.05) is 13.8 Å². The van der Waals surface area contributed by atoms with Crippen LogP contribution in [0.4, 0.5) is 0 Å². The van der Waals surface area contributed by atoms with Crippen molar-refractivity contribution >= 4 is 18.0 Å². The summed E-state index contributed by atoms with van der Waals surface area (Å²) in [7, 11) is 3.10. The third-order valence-electron chi connectivity index (χ3n) is 3.57. The molecule has 0 aliphatic carbocycles. The van der Waals surface area contributed by atoms with Gasteiger partial charge in [-0.2, -0.15) is 0 Å². The van der Waals surface area contributed by atoms with E-state index in [0.29, 0.717) is 23.0 Å². The average Bonchev–Trinajstić information content (AvgIpc) is 2.57. The molecule has 0 saturated heterocycles. The second-order valence-electron chi connectivity index (χ2n) is 5.65. The van der Waals surface area contributed by atoms with Crippen LogP contribution in [-0.4, -0.2) is 38.7 Å². The van der Waals surface area contributed by atoms with Crippen molar-refractivity contribution < 1.29 is 23.8 Å². The molecule has 1 amide bonds. The van der Waals surface area contributed by atoms with Gasteiger partial charge in [0.2, 0.25) is 0 Å². The molecule has 132 valence electrons. The SMILES string of the molecule is COc1ccc(OC)c(/C=C/C(=O)OCC(=O)N[C@@H](C)C(C)C)c1. The van der Waals surface area contributed by atoms with Crippen LogP contribution in [0.3, 0.4) is 0 Å². The normalized spacial score (nSPS) is 12.1. The van der Waals surface area contributed by atoms with Gasteiger partial charge in [-0.25, -0.2) is 4.79 Å². The molecule has 0 aliphatic heterocycles. The van der Waals surface area contributed by atoms with Crippen LogP contribution in [0.2, 0.25) is 0 Å². The van der Waals surface area contributed by atoms with Crippen LogP contribution in [0.1, 0.15) is 26.3 Å². The first-order chi connectivity index (χ1) is 11.4. The number of benzene rings is 1. The van der Waals surface area contributed by atoms with Gasteiger partial charge in [0.1, 0.15) is 11.5 Å². The van der Waals surface area contributed by atoms with E-state index in [2.05, 4.69) is 5.32 Å². The van der Waals surface area contributed by atoms with Crippen LogP contribution in [0.15, 0.2) is 24.3 Å². The largest absolute Gasteiger partial charge is 0.497 e. The highest BCUT2D eigenvalue weighted by Crippen LogP contribution is 2.25. The maximum Gasteiger partial charge on any atom is 0.331 e. The van der Waals surface area contributed by atoms with Crippen LogP contribution >= 0.6 is 0 Å². The van der Waals surface area contributed by atoms with Crippen molar-refractivity contribution in [2.45, 2.75) is 26.8 Å². The summed E-state index contributed by atoms with van der Waals surface area (Å²) in [5, 5.41) is 2.77. The summed E-state index contributed by atoms with van der Waals surface area (Å²) in [6, 6.07) is 5.26. The molecule has 24 heavy (non-hydrogen) atoms. The molecule has 1 atom stereocenters. The number of esters is 1. The molecule has 0 spiro atoms. The highest BCUT2D eigenvalue weighted by atomic mass is 16.5. The summed E-state index contributed by atoms with van der Waals surface area (Å²) in [5.74, 6) is 0.628. The Morgan fingerprint density at radius 1 is 1.17 bits per heavy atom. The Hall–Kier alpha value is -2.50. The van der Waals surface area contributed by atoms with Gasteiger partial charge < -0.3 is 19.5 Å². The number of rotatable bonds is 8. The minimum atomic E-state index is -0.604. The van der Waals surface area contributed by atoms with Crippen LogP contribution in [0.25, 0.3) is 6.08 Å². The molecule has 0 bridgehead atoms. The Bertz CT molecular complexity index is 595. The van der Waals surface area contributed by atoms with E-state index in [4.69, 9.17) is 14.2 Å². The second-order valence-corrected chi connectivity index (χ2v) is 5.65. The predicted molar refractivity (Wildman–Crippen MR) is 92.0 cm³/mol. The van der Waals surface area contributed by atoms with Crippen LogP contribution < -0.4 is 14.8 Å². The number of amides is 1. The maximum atomic E-state index is 11.7. The predicted octanol–water partition coefficient (Wildman–Crippen LogP) is 2.42. The molecular formula is C18H25NO5. The molecule has 0 unspecified atom stereocenters. The van der Waals surface area contributed by atoms with Gasteiger partial charge in [-0.3, -0.25) is 4.79 Å². The summed E-state index contributed by atoms with van der Waals surface area (Å²) in [5.41, 5.74) is 0.673. The highest BCUT2D eigenvalue weighted by molar-refractivity contribution is 5.89. The first kappa shape index (κ1) is 19.5. The van der Waals surface area contributed by atoms with Gasteiger partial charge in [0.25, 0.3) is 5.91 Å². The first-order valence-electron chi connectivity index (χ1n) is 7.73. The van der Waals surface area contributed by atoms with Gasteiger partial charge in [-0.05, 0) is 37.1 Å². The summed E-state index contributed by atoms with van der Waals surface area (Å²) in [6.45, 7) is 5.59. The number of hydrogen-bond donors (Lipinski definition) is 1. The lowest BCUT2D eigenvalue weighted by Gasteiger charge is -2.17. The summed E-state index contributed by atoms with van der Waals surface area (Å²) >= 11 is 0. The average molecular weight is 335 g/mol. The molecule has 6 heteroatoms. The van der Waals surface area contributed by atoms with Gasteiger partial charge in [0.05, 0.1) is 14.2 Å². The summed E-state index contributed by atoms with van der Waals surface area (Å²) in [6.07, 6.45) is 2.80. The summed E-state index contributed by atoms with van der Waals surface area (Å²) in [4.78, 5) is 23.4. The zero-order chi connectivity index (χ0) is 18.1. The zero-order valence-corrected chi connectivity index (χ0v) is 14.8. The van der Waals surface area contributed by atoms with Crippen molar-refractivity contribution in [3.05, 3.63) is 29.8 Å². The molecule has 0 saturated carbocycles. The quantitative estimate of drug-likeness (QED) is 0.583. The number of nitrogens with one attached hydrogen (secondary N) is 1. The van der Waals surface area contributed by atoms with Crippen molar-refractivity contribution in [2.75, 3.05) is 20.8 Å². The maximum absolute atomic E-state index is 11.7. The fraction of sp³-hybridized carbons (Fsp3) is 0.444. The van der Waals surface area contributed by atoms with Crippen molar-refractivity contribution in [2.24, 2.45) is 5.92 Å². The molecular weight excluding hydrogens is 310 g/mol.